The first-order chi connectivity index (χ1) is 7.91. The molecule has 1 aromatic carbocycles. The SMILES string of the molecule is Cc1cccc(NC(=O)CC(N)C(C)C)c1O. The van der Waals surface area contributed by atoms with Crippen molar-refractivity contribution in [3.8, 4) is 5.75 Å². The summed E-state index contributed by atoms with van der Waals surface area (Å²) in [5.41, 5.74) is 6.98. The third kappa shape index (κ3) is 3.75. The van der Waals surface area contributed by atoms with E-state index < -0.39 is 0 Å². The second-order valence-electron chi connectivity index (χ2n) is 4.63. The molecule has 0 aromatic heterocycles. The van der Waals surface area contributed by atoms with Crippen LogP contribution < -0.4 is 11.1 Å². The van der Waals surface area contributed by atoms with Crippen LogP contribution in [-0.4, -0.2) is 17.1 Å². The maximum Gasteiger partial charge on any atom is 0.226 e. The molecule has 4 nitrogen and oxygen atoms in total. The first-order valence-electron chi connectivity index (χ1n) is 5.75. The average Bonchev–Trinajstić information content (AvgIpc) is 2.24. The minimum atomic E-state index is -0.174. The molecule has 94 valence electrons. The Morgan fingerprint density at radius 2 is 2.12 bits per heavy atom. The Morgan fingerprint density at radius 1 is 1.47 bits per heavy atom. The Morgan fingerprint density at radius 3 is 2.71 bits per heavy atom. The van der Waals surface area contributed by atoms with Crippen LogP contribution in [0.25, 0.3) is 0 Å². The van der Waals surface area contributed by atoms with Gasteiger partial charge in [-0.2, -0.15) is 0 Å². The normalized spacial score (nSPS) is 12.5. The third-order valence-corrected chi connectivity index (χ3v) is 2.79. The second-order valence-corrected chi connectivity index (χ2v) is 4.63. The predicted molar refractivity (Wildman–Crippen MR) is 68.9 cm³/mol. The number of nitrogens with one attached hydrogen (secondary N) is 1. The number of carbonyl (C=O) groups is 1. The summed E-state index contributed by atoms with van der Waals surface area (Å²) in [6.07, 6.45) is 0.255. The lowest BCUT2D eigenvalue weighted by molar-refractivity contribution is -0.116. The topological polar surface area (TPSA) is 75.4 Å². The molecule has 1 unspecified atom stereocenters. The highest BCUT2D eigenvalue weighted by atomic mass is 16.3. The number of phenols is 1. The van der Waals surface area contributed by atoms with Gasteiger partial charge in [-0.05, 0) is 24.5 Å². The quantitative estimate of drug-likeness (QED) is 0.700. The number of nitrogens with two attached hydrogens (primary N) is 1. The van der Waals surface area contributed by atoms with Gasteiger partial charge < -0.3 is 16.2 Å². The summed E-state index contributed by atoms with van der Waals surface area (Å²) in [5, 5.41) is 12.4. The van der Waals surface area contributed by atoms with Crippen molar-refractivity contribution in [1.82, 2.24) is 0 Å². The lowest BCUT2D eigenvalue weighted by Crippen LogP contribution is -2.31. The van der Waals surface area contributed by atoms with E-state index in [0.717, 1.165) is 5.56 Å². The molecule has 1 amide bonds. The van der Waals surface area contributed by atoms with Gasteiger partial charge in [-0.3, -0.25) is 4.79 Å². The van der Waals surface area contributed by atoms with Gasteiger partial charge in [-0.25, -0.2) is 0 Å². The van der Waals surface area contributed by atoms with Gasteiger partial charge in [-0.1, -0.05) is 26.0 Å². The van der Waals surface area contributed by atoms with Gasteiger partial charge in [0.25, 0.3) is 0 Å². The van der Waals surface area contributed by atoms with Crippen LogP contribution in [0.4, 0.5) is 5.69 Å². The van der Waals surface area contributed by atoms with Crippen molar-refractivity contribution in [2.45, 2.75) is 33.2 Å². The molecule has 0 aliphatic carbocycles. The number of hydrogen-bond acceptors (Lipinski definition) is 3. The van der Waals surface area contributed by atoms with Gasteiger partial charge in [0.15, 0.2) is 0 Å². The molecule has 0 aliphatic rings. The highest BCUT2D eigenvalue weighted by Crippen LogP contribution is 2.26. The van der Waals surface area contributed by atoms with Gasteiger partial charge in [0.1, 0.15) is 5.75 Å². The van der Waals surface area contributed by atoms with Crippen molar-refractivity contribution < 1.29 is 9.90 Å². The number of aryl methyl sites for hydroxylation is 1. The van der Waals surface area contributed by atoms with Gasteiger partial charge in [0.2, 0.25) is 5.91 Å². The van der Waals surface area contributed by atoms with E-state index in [1.54, 1.807) is 25.1 Å². The van der Waals surface area contributed by atoms with E-state index in [9.17, 15) is 9.90 Å². The number of amides is 1. The molecule has 0 aliphatic heterocycles. The van der Waals surface area contributed by atoms with Crippen LogP contribution in [0.5, 0.6) is 5.75 Å². The van der Waals surface area contributed by atoms with Crippen molar-refractivity contribution >= 4 is 11.6 Å². The molecule has 1 rings (SSSR count). The Kier molecular flexibility index (Phi) is 4.52. The molecular formula is C13H20N2O2. The number of rotatable bonds is 4. The summed E-state index contributed by atoms with van der Waals surface area (Å²) in [6, 6.07) is 5.07. The monoisotopic (exact) mass is 236 g/mol. The van der Waals surface area contributed by atoms with E-state index in [1.165, 1.54) is 0 Å². The number of para-hydroxylation sites is 1. The third-order valence-electron chi connectivity index (χ3n) is 2.79. The highest BCUT2D eigenvalue weighted by Gasteiger charge is 2.14. The molecule has 0 radical (unpaired) electrons. The fraction of sp³-hybridized carbons (Fsp3) is 0.462. The van der Waals surface area contributed by atoms with E-state index in [0.29, 0.717) is 5.69 Å². The molecule has 0 saturated heterocycles. The molecular weight excluding hydrogens is 216 g/mol. The summed E-state index contributed by atoms with van der Waals surface area (Å²) < 4.78 is 0. The summed E-state index contributed by atoms with van der Waals surface area (Å²) in [7, 11) is 0. The summed E-state index contributed by atoms with van der Waals surface area (Å²) in [6.45, 7) is 5.73. The Bertz CT molecular complexity index is 402. The average molecular weight is 236 g/mol. The highest BCUT2D eigenvalue weighted by molar-refractivity contribution is 5.92. The molecule has 4 N–H and O–H groups in total. The Balaban J connectivity index is 2.66. The minimum Gasteiger partial charge on any atom is -0.505 e. The number of hydrogen-bond donors (Lipinski definition) is 3. The standard InChI is InChI=1S/C13H20N2O2/c1-8(2)10(14)7-12(16)15-11-6-4-5-9(3)13(11)17/h4-6,8,10,17H,7,14H2,1-3H3,(H,15,16). The fourth-order valence-corrected chi connectivity index (χ4v) is 1.41. The fourth-order valence-electron chi connectivity index (χ4n) is 1.41. The summed E-state index contributed by atoms with van der Waals surface area (Å²) in [5.74, 6) is 0.193. The van der Waals surface area contributed by atoms with Crippen molar-refractivity contribution in [1.29, 1.82) is 0 Å². The van der Waals surface area contributed by atoms with E-state index in [4.69, 9.17) is 5.73 Å². The van der Waals surface area contributed by atoms with Gasteiger partial charge in [-0.15, -0.1) is 0 Å². The van der Waals surface area contributed by atoms with Crippen LogP contribution in [0.2, 0.25) is 0 Å². The lowest BCUT2D eigenvalue weighted by atomic mass is 10.0. The zero-order chi connectivity index (χ0) is 13.0. The van der Waals surface area contributed by atoms with Crippen LogP contribution in [0.15, 0.2) is 18.2 Å². The number of anilines is 1. The van der Waals surface area contributed by atoms with Crippen molar-refractivity contribution in [3.05, 3.63) is 23.8 Å². The Hall–Kier alpha value is -1.55. The number of benzene rings is 1. The van der Waals surface area contributed by atoms with Crippen LogP contribution in [-0.2, 0) is 4.79 Å². The molecule has 0 fully saturated rings. The Labute approximate surface area is 102 Å². The van der Waals surface area contributed by atoms with Crippen molar-refractivity contribution in [2.75, 3.05) is 5.32 Å². The molecule has 0 heterocycles. The van der Waals surface area contributed by atoms with E-state index in [-0.39, 0.29) is 30.0 Å². The van der Waals surface area contributed by atoms with E-state index >= 15 is 0 Å². The number of phenolic OH excluding ortho intramolecular Hbond substituents is 1. The molecule has 1 aromatic rings. The van der Waals surface area contributed by atoms with Crippen LogP contribution in [0.3, 0.4) is 0 Å². The van der Waals surface area contributed by atoms with Crippen molar-refractivity contribution in [2.24, 2.45) is 11.7 Å². The predicted octanol–water partition coefficient (Wildman–Crippen LogP) is 2.01. The smallest absolute Gasteiger partial charge is 0.226 e. The summed E-state index contributed by atoms with van der Waals surface area (Å²) in [4.78, 5) is 11.7. The molecule has 4 heteroatoms. The summed E-state index contributed by atoms with van der Waals surface area (Å²) >= 11 is 0. The zero-order valence-electron chi connectivity index (χ0n) is 10.5. The first-order valence-corrected chi connectivity index (χ1v) is 5.75. The largest absolute Gasteiger partial charge is 0.505 e. The molecule has 0 spiro atoms. The van der Waals surface area contributed by atoms with Gasteiger partial charge in [0.05, 0.1) is 5.69 Å². The first kappa shape index (κ1) is 13.5. The molecule has 0 bridgehead atoms. The number of aromatic hydroxyl groups is 1. The second kappa shape index (κ2) is 5.68. The van der Waals surface area contributed by atoms with Crippen LogP contribution in [0, 0.1) is 12.8 Å². The molecule has 0 saturated carbocycles. The number of carbonyl (C=O) groups excluding carboxylic acids is 1. The maximum atomic E-state index is 11.7. The minimum absolute atomic E-state index is 0.110. The molecule has 17 heavy (non-hydrogen) atoms. The lowest BCUT2D eigenvalue weighted by Gasteiger charge is -2.15. The van der Waals surface area contributed by atoms with Crippen molar-refractivity contribution in [3.63, 3.8) is 0 Å². The van der Waals surface area contributed by atoms with E-state index in [2.05, 4.69) is 5.32 Å². The molecule has 1 atom stereocenters. The zero-order valence-corrected chi connectivity index (χ0v) is 10.5. The van der Waals surface area contributed by atoms with Gasteiger partial charge in [0, 0.05) is 12.5 Å². The van der Waals surface area contributed by atoms with Crippen LogP contribution in [0.1, 0.15) is 25.8 Å². The van der Waals surface area contributed by atoms with Crippen LogP contribution >= 0.6 is 0 Å². The van der Waals surface area contributed by atoms with E-state index in [1.807, 2.05) is 13.8 Å². The van der Waals surface area contributed by atoms with Gasteiger partial charge >= 0.3 is 0 Å². The maximum absolute atomic E-state index is 11.7.